The maximum absolute atomic E-state index is 14.3. The maximum atomic E-state index is 14.3. The number of hydrogen-bond acceptors (Lipinski definition) is 3. The molecule has 6 heteroatoms. The molecular weight excluding hydrogens is 291 g/mol. The average molecular weight is 303 g/mol. The molecule has 0 bridgehead atoms. The topological polar surface area (TPSA) is 43.1 Å². The molecule has 4 nitrogen and oxygen atoms in total. The van der Waals surface area contributed by atoms with E-state index in [0.29, 0.717) is 11.3 Å². The lowest BCUT2D eigenvalue weighted by atomic mass is 10.2. The molecule has 0 radical (unpaired) electrons. The Morgan fingerprint density at radius 1 is 1.38 bits per heavy atom. The summed E-state index contributed by atoms with van der Waals surface area (Å²) in [6, 6.07) is 3.07. The van der Waals surface area contributed by atoms with Gasteiger partial charge in [0.25, 0.3) is 0 Å². The minimum Gasteiger partial charge on any atom is -0.297 e. The van der Waals surface area contributed by atoms with Crippen LogP contribution in [0.25, 0.3) is 22.5 Å². The smallest absolute Gasteiger partial charge is 0.222 e. The fraction of sp³-hybridized carbons (Fsp3) is 0.133. The van der Waals surface area contributed by atoms with Gasteiger partial charge in [-0.25, -0.2) is 19.3 Å². The Balaban J connectivity index is 2.32. The van der Waals surface area contributed by atoms with Crippen LogP contribution in [0.5, 0.6) is 0 Å². The Bertz CT molecular complexity index is 869. The quantitative estimate of drug-likeness (QED) is 0.674. The van der Waals surface area contributed by atoms with Gasteiger partial charge in [-0.2, -0.15) is 0 Å². The standard InChI is InChI=1S/C15H12ClFN4/c1-8(2)13-9(3)19-14-11(17)6-10(7-21(13)14)12-4-5-18-15(16)20-12/h4-7H,1H2,2-3H3. The first-order valence-electron chi connectivity index (χ1n) is 6.30. The van der Waals surface area contributed by atoms with Crippen molar-refractivity contribution < 1.29 is 4.39 Å². The molecule has 0 aliphatic heterocycles. The molecule has 0 fully saturated rings. The van der Waals surface area contributed by atoms with Crippen LogP contribution in [0.2, 0.25) is 5.28 Å². The van der Waals surface area contributed by atoms with Crippen molar-refractivity contribution in [3.8, 4) is 11.3 Å². The second-order valence-electron chi connectivity index (χ2n) is 4.81. The number of fused-ring (bicyclic) bond motifs is 1. The molecule has 0 atom stereocenters. The van der Waals surface area contributed by atoms with E-state index in [0.717, 1.165) is 17.0 Å². The Kier molecular flexibility index (Phi) is 3.22. The van der Waals surface area contributed by atoms with Gasteiger partial charge < -0.3 is 0 Å². The van der Waals surface area contributed by atoms with E-state index in [2.05, 4.69) is 21.5 Å². The van der Waals surface area contributed by atoms with E-state index in [1.54, 1.807) is 16.7 Å². The first-order chi connectivity index (χ1) is 9.97. The number of rotatable bonds is 2. The summed E-state index contributed by atoms with van der Waals surface area (Å²) in [6.45, 7) is 7.62. The van der Waals surface area contributed by atoms with E-state index >= 15 is 0 Å². The number of aryl methyl sites for hydroxylation is 1. The molecule has 3 rings (SSSR count). The van der Waals surface area contributed by atoms with E-state index in [-0.39, 0.29) is 10.9 Å². The third-order valence-corrected chi connectivity index (χ3v) is 3.36. The normalized spacial score (nSPS) is 11.0. The number of pyridine rings is 1. The molecule has 0 spiro atoms. The summed E-state index contributed by atoms with van der Waals surface area (Å²) >= 11 is 5.79. The predicted molar refractivity (Wildman–Crippen MR) is 80.6 cm³/mol. The summed E-state index contributed by atoms with van der Waals surface area (Å²) in [6.07, 6.45) is 3.31. The van der Waals surface area contributed by atoms with Crippen LogP contribution in [-0.2, 0) is 0 Å². The first-order valence-corrected chi connectivity index (χ1v) is 6.68. The SMILES string of the molecule is C=C(C)c1c(C)nc2c(F)cc(-c3ccnc(Cl)n3)cn12. The highest BCUT2D eigenvalue weighted by molar-refractivity contribution is 6.28. The number of allylic oxidation sites excluding steroid dienone is 1. The summed E-state index contributed by atoms with van der Waals surface area (Å²) in [5.41, 5.74) is 3.77. The minimum atomic E-state index is -0.419. The highest BCUT2D eigenvalue weighted by Crippen LogP contribution is 2.26. The van der Waals surface area contributed by atoms with Gasteiger partial charge in [-0.1, -0.05) is 6.58 Å². The largest absolute Gasteiger partial charge is 0.297 e. The highest BCUT2D eigenvalue weighted by Gasteiger charge is 2.15. The molecule has 0 aliphatic carbocycles. The molecule has 3 aromatic rings. The highest BCUT2D eigenvalue weighted by atomic mass is 35.5. The average Bonchev–Trinajstić information content (AvgIpc) is 2.75. The van der Waals surface area contributed by atoms with Gasteiger partial charge in [0.1, 0.15) is 0 Å². The predicted octanol–water partition coefficient (Wildman–Crippen LogP) is 3.93. The van der Waals surface area contributed by atoms with E-state index in [9.17, 15) is 4.39 Å². The van der Waals surface area contributed by atoms with Crippen molar-refractivity contribution in [1.29, 1.82) is 0 Å². The summed E-state index contributed by atoms with van der Waals surface area (Å²) in [7, 11) is 0. The molecule has 0 N–H and O–H groups in total. The molecule has 21 heavy (non-hydrogen) atoms. The van der Waals surface area contributed by atoms with Crippen molar-refractivity contribution >= 4 is 22.8 Å². The lowest BCUT2D eigenvalue weighted by Gasteiger charge is -2.06. The van der Waals surface area contributed by atoms with Crippen molar-refractivity contribution in [3.63, 3.8) is 0 Å². The van der Waals surface area contributed by atoms with E-state index in [4.69, 9.17) is 11.6 Å². The third kappa shape index (κ3) is 2.29. The van der Waals surface area contributed by atoms with Crippen LogP contribution in [0.1, 0.15) is 18.3 Å². The first kappa shape index (κ1) is 13.7. The molecule has 0 amide bonds. The van der Waals surface area contributed by atoms with Crippen molar-refractivity contribution in [2.24, 2.45) is 0 Å². The molecular formula is C15H12ClFN4. The van der Waals surface area contributed by atoms with Gasteiger partial charge >= 0.3 is 0 Å². The van der Waals surface area contributed by atoms with Gasteiger partial charge in [-0.15, -0.1) is 0 Å². The van der Waals surface area contributed by atoms with Gasteiger partial charge in [0.15, 0.2) is 11.5 Å². The molecule has 106 valence electrons. The minimum absolute atomic E-state index is 0.120. The van der Waals surface area contributed by atoms with Crippen LogP contribution in [0.4, 0.5) is 4.39 Å². The van der Waals surface area contributed by atoms with Gasteiger partial charge in [0, 0.05) is 18.0 Å². The third-order valence-electron chi connectivity index (χ3n) is 3.18. The second-order valence-corrected chi connectivity index (χ2v) is 5.15. The zero-order valence-corrected chi connectivity index (χ0v) is 12.3. The van der Waals surface area contributed by atoms with E-state index in [1.807, 2.05) is 13.8 Å². The van der Waals surface area contributed by atoms with Crippen molar-refractivity contribution in [3.05, 3.63) is 53.6 Å². The molecule has 0 saturated heterocycles. The number of imidazole rings is 1. The number of hydrogen-bond donors (Lipinski definition) is 0. The number of halogens is 2. The van der Waals surface area contributed by atoms with Crippen molar-refractivity contribution in [2.45, 2.75) is 13.8 Å². The lowest BCUT2D eigenvalue weighted by molar-refractivity contribution is 0.630. The molecule has 0 unspecified atom stereocenters. The van der Waals surface area contributed by atoms with Gasteiger partial charge in [0.2, 0.25) is 5.28 Å². The zero-order chi connectivity index (χ0) is 15.1. The van der Waals surface area contributed by atoms with Gasteiger partial charge in [0.05, 0.1) is 17.1 Å². The van der Waals surface area contributed by atoms with Crippen LogP contribution < -0.4 is 0 Å². The van der Waals surface area contributed by atoms with Crippen molar-refractivity contribution in [2.75, 3.05) is 0 Å². The summed E-state index contributed by atoms with van der Waals surface area (Å²) < 4.78 is 16.0. The Morgan fingerprint density at radius 3 is 2.81 bits per heavy atom. The number of nitrogens with zero attached hydrogens (tertiary/aromatic N) is 4. The second kappa shape index (κ2) is 4.93. The zero-order valence-electron chi connectivity index (χ0n) is 11.6. The molecule has 0 aliphatic rings. The van der Waals surface area contributed by atoms with Crippen LogP contribution in [0.15, 0.2) is 31.1 Å². The summed E-state index contributed by atoms with van der Waals surface area (Å²) in [5.74, 6) is -0.419. The van der Waals surface area contributed by atoms with Crippen LogP contribution in [-0.4, -0.2) is 19.4 Å². The molecule has 3 aromatic heterocycles. The maximum Gasteiger partial charge on any atom is 0.222 e. The van der Waals surface area contributed by atoms with E-state index in [1.165, 1.54) is 12.3 Å². The molecule has 0 aromatic carbocycles. The summed E-state index contributed by atoms with van der Waals surface area (Å²) in [4.78, 5) is 12.2. The number of aromatic nitrogens is 4. The summed E-state index contributed by atoms with van der Waals surface area (Å²) in [5, 5.41) is 0.120. The van der Waals surface area contributed by atoms with Crippen LogP contribution in [0, 0.1) is 12.7 Å². The monoisotopic (exact) mass is 302 g/mol. The van der Waals surface area contributed by atoms with Gasteiger partial charge in [-0.3, -0.25) is 4.40 Å². The fourth-order valence-corrected chi connectivity index (χ4v) is 2.52. The molecule has 3 heterocycles. The van der Waals surface area contributed by atoms with Crippen LogP contribution in [0.3, 0.4) is 0 Å². The van der Waals surface area contributed by atoms with Crippen molar-refractivity contribution in [1.82, 2.24) is 19.4 Å². The lowest BCUT2D eigenvalue weighted by Crippen LogP contribution is -1.96. The van der Waals surface area contributed by atoms with Crippen LogP contribution >= 0.6 is 11.6 Å². The molecule has 0 saturated carbocycles. The van der Waals surface area contributed by atoms with E-state index < -0.39 is 5.82 Å². The van der Waals surface area contributed by atoms with Gasteiger partial charge in [-0.05, 0) is 43.2 Å². The Morgan fingerprint density at radius 2 is 2.14 bits per heavy atom. The Hall–Kier alpha value is -2.27. The Labute approximate surface area is 126 Å². The fourth-order valence-electron chi connectivity index (χ4n) is 2.37.